The van der Waals surface area contributed by atoms with Crippen LogP contribution in [0.1, 0.15) is 0 Å². The predicted molar refractivity (Wildman–Crippen MR) is 90.0 cm³/mol. The second kappa shape index (κ2) is 6.19. The van der Waals surface area contributed by atoms with Crippen LogP contribution >= 0.6 is 7.26 Å². The van der Waals surface area contributed by atoms with Gasteiger partial charge in [-0.25, -0.2) is 0 Å². The van der Waals surface area contributed by atoms with Gasteiger partial charge in [0, 0.05) is 0 Å². The predicted octanol–water partition coefficient (Wildman–Crippen LogP) is 2.11. The average Bonchev–Trinajstić information content (AvgIpc) is 2.48. The summed E-state index contributed by atoms with van der Waals surface area (Å²) in [6.07, 6.45) is 0.605. The van der Waals surface area contributed by atoms with Crippen molar-refractivity contribution in [2.75, 3.05) is 26.9 Å². The average molecular weight is 287 g/mol. The van der Waals surface area contributed by atoms with Crippen LogP contribution in [0.2, 0.25) is 0 Å². The number of benzene rings is 2. The van der Waals surface area contributed by atoms with Crippen molar-refractivity contribution in [2.24, 2.45) is 0 Å². The molecule has 0 N–H and O–H groups in total. The van der Waals surface area contributed by atoms with Crippen molar-refractivity contribution >= 4 is 23.8 Å². The molecule has 0 saturated heterocycles. The Labute approximate surface area is 121 Å². The van der Waals surface area contributed by atoms with Gasteiger partial charge in [0.15, 0.2) is 0 Å². The molecule has 0 radical (unpaired) electrons. The van der Waals surface area contributed by atoms with Crippen LogP contribution in [0, 0.1) is 0 Å². The van der Waals surface area contributed by atoms with E-state index in [1.54, 1.807) is 4.90 Å². The number of carbonyl (C=O) groups is 1. The summed E-state index contributed by atoms with van der Waals surface area (Å²) in [7, 11) is 1.63. The van der Waals surface area contributed by atoms with E-state index in [9.17, 15) is 4.79 Å². The second-order valence-electron chi connectivity index (χ2n) is 5.53. The molecule has 0 aliphatic heterocycles. The van der Waals surface area contributed by atoms with Crippen molar-refractivity contribution in [1.82, 2.24) is 4.90 Å². The summed E-state index contributed by atoms with van der Waals surface area (Å²) in [4.78, 5) is 14.0. The summed E-state index contributed by atoms with van der Waals surface area (Å²) in [6, 6.07) is 20.9. The molecular formula is C17H22NOP. The van der Waals surface area contributed by atoms with Gasteiger partial charge in [0.05, 0.1) is 0 Å². The summed E-state index contributed by atoms with van der Waals surface area (Å²) in [5, 5.41) is 2.61. The Balaban J connectivity index is 2.47. The summed E-state index contributed by atoms with van der Waals surface area (Å²) in [5.41, 5.74) is 0. The number of carbonyl (C=O) groups excluding carboxylic acids is 1. The Kier molecular flexibility index (Phi) is 4.57. The third-order valence-electron chi connectivity index (χ3n) is 3.83. The summed E-state index contributed by atoms with van der Waals surface area (Å²) in [5.74, 6) is 0.201. The Morgan fingerprint density at radius 2 is 1.30 bits per heavy atom. The fourth-order valence-corrected chi connectivity index (χ4v) is 5.96. The van der Waals surface area contributed by atoms with E-state index < -0.39 is 7.26 Å². The molecule has 0 aliphatic rings. The third kappa shape index (κ3) is 3.08. The molecular weight excluding hydrogens is 265 g/mol. The van der Waals surface area contributed by atoms with Crippen LogP contribution in [0.4, 0.5) is 0 Å². The zero-order valence-corrected chi connectivity index (χ0v) is 13.3. The molecule has 1 amide bonds. The van der Waals surface area contributed by atoms with Crippen LogP contribution in [0.15, 0.2) is 60.7 Å². The van der Waals surface area contributed by atoms with E-state index in [4.69, 9.17) is 0 Å². The molecule has 0 saturated carbocycles. The van der Waals surface area contributed by atoms with Crippen LogP contribution in [0.3, 0.4) is 0 Å². The monoisotopic (exact) mass is 287 g/mol. The Bertz CT molecular complexity index is 527. The zero-order valence-electron chi connectivity index (χ0n) is 12.3. The maximum atomic E-state index is 12.3. The van der Waals surface area contributed by atoms with Crippen LogP contribution in [0.5, 0.6) is 0 Å². The van der Waals surface area contributed by atoms with E-state index in [-0.39, 0.29) is 5.91 Å². The van der Waals surface area contributed by atoms with Gasteiger partial charge in [-0.2, -0.15) is 0 Å². The Hall–Kier alpha value is -1.66. The molecule has 0 atom stereocenters. The molecule has 2 aromatic rings. The molecule has 0 bridgehead atoms. The fraction of sp³-hybridized carbons (Fsp3) is 0.235. The SMILES string of the molecule is CN(C)C(=O)C[PH](C)(c1ccccc1)c1ccccc1. The molecule has 0 unspecified atom stereocenters. The molecule has 20 heavy (non-hydrogen) atoms. The van der Waals surface area contributed by atoms with Crippen molar-refractivity contribution in [3.8, 4) is 0 Å². The summed E-state index contributed by atoms with van der Waals surface area (Å²) < 4.78 is 0. The molecule has 2 aromatic carbocycles. The second-order valence-corrected chi connectivity index (χ2v) is 9.70. The first-order chi connectivity index (χ1) is 9.54. The minimum absolute atomic E-state index is 0.201. The standard InChI is InChI=1S/C17H22NOP/c1-18(2)17(19)14-20(3,15-10-6-4-7-11-15)16-12-8-5-9-13-16/h4-13,20H,14H2,1-3H3. The first-order valence-electron chi connectivity index (χ1n) is 6.85. The van der Waals surface area contributed by atoms with Gasteiger partial charge in [-0.15, -0.1) is 0 Å². The molecule has 106 valence electrons. The Morgan fingerprint density at radius 1 is 0.900 bits per heavy atom. The first-order valence-corrected chi connectivity index (χ1v) is 9.56. The van der Waals surface area contributed by atoms with Crippen LogP contribution in [-0.2, 0) is 4.79 Å². The molecule has 2 rings (SSSR count). The number of rotatable bonds is 4. The van der Waals surface area contributed by atoms with Crippen molar-refractivity contribution in [3.05, 3.63) is 60.7 Å². The van der Waals surface area contributed by atoms with E-state index in [0.717, 1.165) is 0 Å². The zero-order chi connectivity index (χ0) is 14.6. The molecule has 0 heterocycles. The van der Waals surface area contributed by atoms with Gasteiger partial charge in [-0.1, -0.05) is 0 Å². The van der Waals surface area contributed by atoms with Gasteiger partial charge in [-0.05, 0) is 0 Å². The number of nitrogens with zero attached hydrogens (tertiary/aromatic N) is 1. The first kappa shape index (κ1) is 14.7. The van der Waals surface area contributed by atoms with Gasteiger partial charge in [-0.3, -0.25) is 0 Å². The van der Waals surface area contributed by atoms with Gasteiger partial charge >= 0.3 is 121 Å². The van der Waals surface area contributed by atoms with E-state index in [2.05, 4.69) is 55.2 Å². The quantitative estimate of drug-likeness (QED) is 0.789. The molecule has 0 fully saturated rings. The van der Waals surface area contributed by atoms with Gasteiger partial charge in [0.1, 0.15) is 0 Å². The summed E-state index contributed by atoms with van der Waals surface area (Å²) >= 11 is 0. The number of amides is 1. The van der Waals surface area contributed by atoms with Crippen molar-refractivity contribution in [3.63, 3.8) is 0 Å². The number of hydrogen-bond acceptors (Lipinski definition) is 1. The third-order valence-corrected chi connectivity index (χ3v) is 8.05. The van der Waals surface area contributed by atoms with Crippen LogP contribution in [0.25, 0.3) is 0 Å². The van der Waals surface area contributed by atoms with E-state index in [1.807, 2.05) is 26.2 Å². The van der Waals surface area contributed by atoms with Gasteiger partial charge < -0.3 is 0 Å². The van der Waals surface area contributed by atoms with Crippen LogP contribution < -0.4 is 10.6 Å². The summed E-state index contributed by atoms with van der Waals surface area (Å²) in [6.45, 7) is 2.28. The molecule has 0 aromatic heterocycles. The normalized spacial score (nSPS) is 11.9. The molecule has 2 nitrogen and oxygen atoms in total. The van der Waals surface area contributed by atoms with Gasteiger partial charge in [0.2, 0.25) is 0 Å². The minimum atomic E-state index is -2.02. The molecule has 0 spiro atoms. The fourth-order valence-electron chi connectivity index (χ4n) is 2.44. The molecule has 0 aliphatic carbocycles. The number of hydrogen-bond donors (Lipinski definition) is 0. The maximum absolute atomic E-state index is 12.3. The Morgan fingerprint density at radius 3 is 1.65 bits per heavy atom. The topological polar surface area (TPSA) is 20.3 Å². The van der Waals surface area contributed by atoms with Crippen molar-refractivity contribution in [1.29, 1.82) is 0 Å². The van der Waals surface area contributed by atoms with E-state index in [1.165, 1.54) is 10.6 Å². The molecule has 3 heteroatoms. The van der Waals surface area contributed by atoms with Crippen molar-refractivity contribution < 1.29 is 4.79 Å². The van der Waals surface area contributed by atoms with Crippen LogP contribution in [-0.4, -0.2) is 37.7 Å². The van der Waals surface area contributed by atoms with Gasteiger partial charge in [0.25, 0.3) is 0 Å². The van der Waals surface area contributed by atoms with E-state index >= 15 is 0 Å². The van der Waals surface area contributed by atoms with E-state index in [0.29, 0.717) is 6.16 Å². The van der Waals surface area contributed by atoms with Crippen molar-refractivity contribution in [2.45, 2.75) is 0 Å².